The van der Waals surface area contributed by atoms with Crippen molar-refractivity contribution < 1.29 is 9.59 Å². The summed E-state index contributed by atoms with van der Waals surface area (Å²) < 4.78 is 0. The maximum Gasteiger partial charge on any atom is 0.251 e. The van der Waals surface area contributed by atoms with Gasteiger partial charge < -0.3 is 10.6 Å². The van der Waals surface area contributed by atoms with Crippen LogP contribution in [0.2, 0.25) is 0 Å². The summed E-state index contributed by atoms with van der Waals surface area (Å²) in [5.74, 6) is -0.460. The number of hydrogen-bond acceptors (Lipinski definition) is 3. The number of thioether (sulfide) groups is 1. The minimum atomic E-state index is -0.657. The Balaban J connectivity index is 1.68. The van der Waals surface area contributed by atoms with Crippen molar-refractivity contribution >= 4 is 23.6 Å². The van der Waals surface area contributed by atoms with E-state index in [9.17, 15) is 9.59 Å². The molecule has 0 aromatic heterocycles. The van der Waals surface area contributed by atoms with Crippen LogP contribution in [0.3, 0.4) is 0 Å². The Kier molecular flexibility index (Phi) is 7.47. The Bertz CT molecular complexity index is 928. The summed E-state index contributed by atoms with van der Waals surface area (Å²) in [6, 6.07) is 26.0. The lowest BCUT2D eigenvalue weighted by Crippen LogP contribution is -2.47. The molecule has 2 amide bonds. The lowest BCUT2D eigenvalue weighted by Gasteiger charge is -2.19. The molecule has 1 unspecified atom stereocenters. The van der Waals surface area contributed by atoms with Crippen LogP contribution in [-0.2, 0) is 17.8 Å². The fourth-order valence-corrected chi connectivity index (χ4v) is 3.35. The van der Waals surface area contributed by atoms with Crippen LogP contribution in [0.4, 0.5) is 0 Å². The first-order valence-electron chi connectivity index (χ1n) is 9.46. The Morgan fingerprint density at radius 2 is 1.45 bits per heavy atom. The van der Waals surface area contributed by atoms with E-state index in [1.165, 1.54) is 4.90 Å². The second-order valence-corrected chi connectivity index (χ2v) is 7.53. The van der Waals surface area contributed by atoms with Gasteiger partial charge in [-0.15, -0.1) is 11.8 Å². The highest BCUT2D eigenvalue weighted by molar-refractivity contribution is 7.98. The van der Waals surface area contributed by atoms with Crippen molar-refractivity contribution in [1.29, 1.82) is 0 Å². The van der Waals surface area contributed by atoms with Gasteiger partial charge in [0.25, 0.3) is 5.91 Å². The zero-order valence-electron chi connectivity index (χ0n) is 16.3. The zero-order valence-corrected chi connectivity index (χ0v) is 17.1. The Morgan fingerprint density at radius 3 is 2.07 bits per heavy atom. The van der Waals surface area contributed by atoms with Gasteiger partial charge in [0.2, 0.25) is 5.91 Å². The van der Waals surface area contributed by atoms with E-state index in [1.807, 2.05) is 66.9 Å². The molecule has 3 rings (SSSR count). The highest BCUT2D eigenvalue weighted by Gasteiger charge is 2.21. The van der Waals surface area contributed by atoms with Crippen molar-refractivity contribution in [2.24, 2.45) is 0 Å². The van der Waals surface area contributed by atoms with Gasteiger partial charge in [0.15, 0.2) is 0 Å². The topological polar surface area (TPSA) is 58.2 Å². The second-order valence-electron chi connectivity index (χ2n) is 6.65. The van der Waals surface area contributed by atoms with E-state index in [4.69, 9.17) is 0 Å². The van der Waals surface area contributed by atoms with E-state index in [0.29, 0.717) is 18.5 Å². The smallest absolute Gasteiger partial charge is 0.251 e. The molecule has 0 aliphatic rings. The Labute approximate surface area is 175 Å². The van der Waals surface area contributed by atoms with Crippen LogP contribution in [0.1, 0.15) is 21.5 Å². The van der Waals surface area contributed by atoms with Crippen LogP contribution in [0, 0.1) is 0 Å². The van der Waals surface area contributed by atoms with Crippen molar-refractivity contribution in [3.8, 4) is 0 Å². The largest absolute Gasteiger partial charge is 0.350 e. The third-order valence-electron chi connectivity index (χ3n) is 4.57. The molecular weight excluding hydrogens is 380 g/mol. The molecule has 0 heterocycles. The molecule has 4 nitrogen and oxygen atoms in total. The van der Waals surface area contributed by atoms with Crippen LogP contribution in [-0.4, -0.2) is 24.1 Å². The van der Waals surface area contributed by atoms with Gasteiger partial charge in [0, 0.05) is 23.4 Å². The molecule has 148 valence electrons. The number of carbonyl (C=O) groups excluding carboxylic acids is 2. The van der Waals surface area contributed by atoms with Crippen molar-refractivity contribution in [2.75, 3.05) is 6.26 Å². The van der Waals surface area contributed by atoms with Gasteiger partial charge in [0.1, 0.15) is 6.04 Å². The number of rotatable bonds is 8. The van der Waals surface area contributed by atoms with Crippen LogP contribution in [0.25, 0.3) is 0 Å². The number of amides is 2. The maximum atomic E-state index is 12.9. The third kappa shape index (κ3) is 6.22. The predicted octanol–water partition coefficient (Wildman–Crippen LogP) is 4.07. The molecule has 0 bridgehead atoms. The molecule has 3 aromatic carbocycles. The lowest BCUT2D eigenvalue weighted by molar-refractivity contribution is -0.123. The molecule has 0 saturated heterocycles. The molecule has 3 aromatic rings. The van der Waals surface area contributed by atoms with E-state index >= 15 is 0 Å². The highest BCUT2D eigenvalue weighted by Crippen LogP contribution is 2.14. The Morgan fingerprint density at radius 1 is 0.828 bits per heavy atom. The quantitative estimate of drug-likeness (QED) is 0.557. The number of benzene rings is 3. The molecule has 1 atom stereocenters. The van der Waals surface area contributed by atoms with E-state index < -0.39 is 6.04 Å². The first kappa shape index (κ1) is 20.7. The minimum Gasteiger partial charge on any atom is -0.350 e. The molecule has 0 fully saturated rings. The van der Waals surface area contributed by atoms with E-state index in [0.717, 1.165) is 11.1 Å². The first-order chi connectivity index (χ1) is 14.2. The molecule has 0 saturated carbocycles. The summed E-state index contributed by atoms with van der Waals surface area (Å²) in [5.41, 5.74) is 2.54. The van der Waals surface area contributed by atoms with Crippen molar-refractivity contribution in [2.45, 2.75) is 23.9 Å². The van der Waals surface area contributed by atoms with E-state index in [1.54, 1.807) is 36.0 Å². The van der Waals surface area contributed by atoms with Gasteiger partial charge in [-0.25, -0.2) is 0 Å². The summed E-state index contributed by atoms with van der Waals surface area (Å²) in [4.78, 5) is 26.7. The van der Waals surface area contributed by atoms with E-state index in [2.05, 4.69) is 10.6 Å². The minimum absolute atomic E-state index is 0.202. The Hall–Kier alpha value is -3.05. The van der Waals surface area contributed by atoms with Gasteiger partial charge in [-0.2, -0.15) is 0 Å². The SMILES string of the molecule is CSc1ccc(CNC(=O)C(Cc2ccccc2)NC(=O)c2ccccc2)cc1. The summed E-state index contributed by atoms with van der Waals surface area (Å²) in [6.45, 7) is 0.417. The summed E-state index contributed by atoms with van der Waals surface area (Å²) >= 11 is 1.68. The normalized spacial score (nSPS) is 11.5. The van der Waals surface area contributed by atoms with Crippen LogP contribution in [0.15, 0.2) is 89.8 Å². The van der Waals surface area contributed by atoms with E-state index in [-0.39, 0.29) is 11.8 Å². The predicted molar refractivity (Wildman–Crippen MR) is 118 cm³/mol. The lowest BCUT2D eigenvalue weighted by atomic mass is 10.0. The molecule has 0 radical (unpaired) electrons. The van der Waals surface area contributed by atoms with Crippen LogP contribution < -0.4 is 10.6 Å². The summed E-state index contributed by atoms with van der Waals surface area (Å²) in [5, 5.41) is 5.83. The molecule has 0 spiro atoms. The highest BCUT2D eigenvalue weighted by atomic mass is 32.2. The molecule has 29 heavy (non-hydrogen) atoms. The fraction of sp³-hybridized carbons (Fsp3) is 0.167. The fourth-order valence-electron chi connectivity index (χ4n) is 2.95. The molecule has 2 N–H and O–H groups in total. The van der Waals surface area contributed by atoms with Crippen LogP contribution >= 0.6 is 11.8 Å². The number of carbonyl (C=O) groups is 2. The molecular formula is C24H24N2O2S. The maximum absolute atomic E-state index is 12.9. The van der Waals surface area contributed by atoms with Crippen molar-refractivity contribution in [3.05, 3.63) is 102 Å². The average molecular weight is 405 g/mol. The zero-order chi connectivity index (χ0) is 20.5. The summed E-state index contributed by atoms with van der Waals surface area (Å²) in [6.07, 6.45) is 2.46. The van der Waals surface area contributed by atoms with Gasteiger partial charge in [-0.05, 0) is 41.6 Å². The van der Waals surface area contributed by atoms with Gasteiger partial charge >= 0.3 is 0 Å². The van der Waals surface area contributed by atoms with Crippen molar-refractivity contribution in [1.82, 2.24) is 10.6 Å². The number of hydrogen-bond donors (Lipinski definition) is 2. The molecule has 5 heteroatoms. The summed E-state index contributed by atoms with van der Waals surface area (Å²) in [7, 11) is 0. The second kappa shape index (κ2) is 10.5. The van der Waals surface area contributed by atoms with Crippen LogP contribution in [0.5, 0.6) is 0 Å². The molecule has 0 aliphatic heterocycles. The van der Waals surface area contributed by atoms with Crippen molar-refractivity contribution in [3.63, 3.8) is 0 Å². The monoisotopic (exact) mass is 404 g/mol. The first-order valence-corrected chi connectivity index (χ1v) is 10.7. The van der Waals surface area contributed by atoms with Gasteiger partial charge in [-0.1, -0.05) is 60.7 Å². The average Bonchev–Trinajstić information content (AvgIpc) is 2.78. The van der Waals surface area contributed by atoms with Gasteiger partial charge in [-0.3, -0.25) is 9.59 Å². The standard InChI is InChI=1S/C24H24N2O2S/c1-29-21-14-12-19(13-15-21)17-25-24(28)22(16-18-8-4-2-5-9-18)26-23(27)20-10-6-3-7-11-20/h2-15,22H,16-17H2,1H3,(H,25,28)(H,26,27). The van der Waals surface area contributed by atoms with Gasteiger partial charge in [0.05, 0.1) is 0 Å². The third-order valence-corrected chi connectivity index (χ3v) is 5.31. The number of nitrogens with one attached hydrogen (secondary N) is 2. The molecule has 0 aliphatic carbocycles.